The maximum Gasteiger partial charge on any atom is 0.294 e. The summed E-state index contributed by atoms with van der Waals surface area (Å²) in [5.41, 5.74) is 2.98. The number of hydrogen-bond acceptors (Lipinski definition) is 5. The summed E-state index contributed by atoms with van der Waals surface area (Å²) in [6.45, 7) is -0.321. The Kier molecular flexibility index (Phi) is 6.59. The van der Waals surface area contributed by atoms with Gasteiger partial charge < -0.3 is 10.1 Å². The van der Waals surface area contributed by atoms with Crippen molar-refractivity contribution in [3.63, 3.8) is 0 Å². The van der Waals surface area contributed by atoms with E-state index in [0.29, 0.717) is 16.3 Å². The van der Waals surface area contributed by atoms with Crippen LogP contribution in [-0.4, -0.2) is 35.6 Å². The summed E-state index contributed by atoms with van der Waals surface area (Å²) < 4.78 is 6.68. The van der Waals surface area contributed by atoms with E-state index in [4.69, 9.17) is 4.74 Å². The summed E-state index contributed by atoms with van der Waals surface area (Å²) in [5.74, 6) is 2.31. The van der Waals surface area contributed by atoms with Crippen molar-refractivity contribution in [1.82, 2.24) is 4.90 Å². The zero-order valence-electron chi connectivity index (χ0n) is 20.7. The van der Waals surface area contributed by atoms with Gasteiger partial charge in [-0.1, -0.05) is 6.07 Å². The molecule has 8 heteroatoms. The van der Waals surface area contributed by atoms with Gasteiger partial charge in [-0.15, -0.1) is 0 Å². The quantitative estimate of drug-likeness (QED) is 0.295. The fraction of sp³-hybridized carbons (Fsp3) is 0.414. The number of nitrogens with one attached hydrogen (secondary N) is 1. The van der Waals surface area contributed by atoms with Gasteiger partial charge in [0.15, 0.2) is 0 Å². The fourth-order valence-corrected chi connectivity index (χ4v) is 8.48. The van der Waals surface area contributed by atoms with Gasteiger partial charge in [0.2, 0.25) is 5.91 Å². The van der Waals surface area contributed by atoms with Crippen LogP contribution in [0.1, 0.15) is 49.7 Å². The zero-order chi connectivity index (χ0) is 25.7. The number of nitrogens with zero attached hydrogens (tertiary/aromatic N) is 1. The Morgan fingerprint density at radius 2 is 1.73 bits per heavy atom. The van der Waals surface area contributed by atoms with E-state index in [9.17, 15) is 14.4 Å². The Labute approximate surface area is 234 Å². The number of hydrogen-bond donors (Lipinski definition) is 1. The van der Waals surface area contributed by atoms with E-state index in [1.54, 1.807) is 25.3 Å². The van der Waals surface area contributed by atoms with Crippen LogP contribution in [0, 0.1) is 21.3 Å². The highest BCUT2D eigenvalue weighted by atomic mass is 127. The van der Waals surface area contributed by atoms with Crippen LogP contribution in [0.5, 0.6) is 5.75 Å². The van der Waals surface area contributed by atoms with E-state index in [1.807, 2.05) is 18.2 Å². The maximum atomic E-state index is 13.2. The second kappa shape index (κ2) is 9.76. The molecule has 1 N–H and O–H groups in total. The predicted octanol–water partition coefficient (Wildman–Crippen LogP) is 6.44. The number of amides is 3. The smallest absolute Gasteiger partial charge is 0.294 e. The number of carbonyl (C=O) groups is 3. The molecule has 4 saturated carbocycles. The highest BCUT2D eigenvalue weighted by Gasteiger charge is 2.51. The molecule has 5 fully saturated rings. The largest absolute Gasteiger partial charge is 0.496 e. The molecule has 6 nitrogen and oxygen atoms in total. The monoisotopic (exact) mass is 628 g/mol. The first kappa shape index (κ1) is 25.0. The molecule has 1 saturated heterocycles. The molecule has 0 aromatic heterocycles. The number of carbonyl (C=O) groups excluding carboxylic acids is 3. The number of anilines is 1. The Morgan fingerprint density at radius 3 is 2.35 bits per heavy atom. The third-order valence-corrected chi connectivity index (χ3v) is 10.1. The summed E-state index contributed by atoms with van der Waals surface area (Å²) in [6.07, 6.45) is 9.64. The number of halogens is 1. The van der Waals surface area contributed by atoms with E-state index < -0.39 is 17.1 Å². The first-order valence-electron chi connectivity index (χ1n) is 12.8. The van der Waals surface area contributed by atoms with Crippen molar-refractivity contribution in [3.8, 4) is 5.75 Å². The first-order valence-corrected chi connectivity index (χ1v) is 14.7. The van der Waals surface area contributed by atoms with Gasteiger partial charge in [0.05, 0.1) is 12.0 Å². The third-order valence-electron chi connectivity index (χ3n) is 8.47. The van der Waals surface area contributed by atoms with Crippen molar-refractivity contribution in [1.29, 1.82) is 0 Å². The third kappa shape index (κ3) is 4.82. The van der Waals surface area contributed by atoms with Gasteiger partial charge in [-0.2, -0.15) is 0 Å². The molecule has 3 amide bonds. The standard InChI is InChI=1S/C29H29IN2O4S/c1-36-24-7-2-21(29-13-17-8-18(14-29)10-19(9-17)15-29)11-20(24)12-25-27(34)32(28(35)37-25)16-26(33)31-23-5-3-22(30)4-6-23/h2-7,11-12,17-19H,8-10,13-16H2,1H3,(H,31,33)/b25-12+. The Morgan fingerprint density at radius 1 is 1.08 bits per heavy atom. The molecule has 0 unspecified atom stereocenters. The summed E-state index contributed by atoms with van der Waals surface area (Å²) in [7, 11) is 1.62. The molecule has 192 valence electrons. The number of ether oxygens (including phenoxy) is 1. The van der Waals surface area contributed by atoms with Crippen molar-refractivity contribution in [2.45, 2.75) is 43.9 Å². The number of methoxy groups -OCH3 is 1. The van der Waals surface area contributed by atoms with Gasteiger partial charge in [0, 0.05) is 14.8 Å². The van der Waals surface area contributed by atoms with Gasteiger partial charge in [0.25, 0.3) is 11.1 Å². The maximum absolute atomic E-state index is 13.2. The van der Waals surface area contributed by atoms with Crippen LogP contribution >= 0.6 is 34.4 Å². The first-order chi connectivity index (χ1) is 17.8. The lowest BCUT2D eigenvalue weighted by atomic mass is 9.48. The second-order valence-electron chi connectivity index (χ2n) is 11.0. The molecule has 0 spiro atoms. The molecular formula is C29H29IN2O4S. The number of benzene rings is 2. The minimum Gasteiger partial charge on any atom is -0.496 e. The number of rotatable bonds is 6. The highest BCUT2D eigenvalue weighted by molar-refractivity contribution is 14.1. The molecule has 0 atom stereocenters. The van der Waals surface area contributed by atoms with Crippen molar-refractivity contribution in [3.05, 3.63) is 62.1 Å². The van der Waals surface area contributed by atoms with Crippen LogP contribution in [0.4, 0.5) is 10.5 Å². The predicted molar refractivity (Wildman–Crippen MR) is 153 cm³/mol. The second-order valence-corrected chi connectivity index (χ2v) is 13.2. The molecular weight excluding hydrogens is 599 g/mol. The summed E-state index contributed by atoms with van der Waals surface area (Å²) >= 11 is 3.06. The lowest BCUT2D eigenvalue weighted by Crippen LogP contribution is -2.48. The molecule has 1 aliphatic heterocycles. The Hall–Kier alpha value is -2.33. The molecule has 5 aliphatic rings. The number of imide groups is 1. The van der Waals surface area contributed by atoms with Gasteiger partial charge in [-0.25, -0.2) is 0 Å². The van der Waals surface area contributed by atoms with Gasteiger partial charge in [-0.3, -0.25) is 19.3 Å². The van der Waals surface area contributed by atoms with Crippen LogP contribution in [0.3, 0.4) is 0 Å². The van der Waals surface area contributed by atoms with Crippen LogP contribution in [-0.2, 0) is 15.0 Å². The van der Waals surface area contributed by atoms with Crippen molar-refractivity contribution >= 4 is 63.2 Å². The van der Waals surface area contributed by atoms with E-state index in [-0.39, 0.29) is 12.0 Å². The van der Waals surface area contributed by atoms with Crippen LogP contribution in [0.15, 0.2) is 47.4 Å². The van der Waals surface area contributed by atoms with E-state index in [1.165, 1.54) is 44.1 Å². The summed E-state index contributed by atoms with van der Waals surface area (Å²) in [6, 6.07) is 13.7. The zero-order valence-corrected chi connectivity index (χ0v) is 23.6. The summed E-state index contributed by atoms with van der Waals surface area (Å²) in [5, 5.41) is 2.31. The van der Waals surface area contributed by atoms with Gasteiger partial charge >= 0.3 is 0 Å². The average molecular weight is 629 g/mol. The lowest BCUT2D eigenvalue weighted by Gasteiger charge is -2.57. The Bertz CT molecular complexity index is 1270. The molecule has 4 bridgehead atoms. The van der Waals surface area contributed by atoms with Crippen LogP contribution in [0.25, 0.3) is 6.08 Å². The van der Waals surface area contributed by atoms with Crippen molar-refractivity contribution in [2.75, 3.05) is 19.0 Å². The topological polar surface area (TPSA) is 75.7 Å². The van der Waals surface area contributed by atoms with Crippen molar-refractivity contribution in [2.24, 2.45) is 17.8 Å². The SMILES string of the molecule is COc1ccc(C23CC4CC(CC(C4)C2)C3)cc1/C=C1/SC(=O)N(CC(=O)Nc2ccc(I)cc2)C1=O. The van der Waals surface area contributed by atoms with Crippen molar-refractivity contribution < 1.29 is 19.1 Å². The molecule has 4 aliphatic carbocycles. The van der Waals surface area contributed by atoms with E-state index in [0.717, 1.165) is 43.5 Å². The van der Waals surface area contributed by atoms with E-state index in [2.05, 4.69) is 40.0 Å². The normalized spacial score (nSPS) is 29.3. The minimum atomic E-state index is -0.449. The molecule has 2 aromatic rings. The van der Waals surface area contributed by atoms with Gasteiger partial charge in [0.1, 0.15) is 12.3 Å². The molecule has 37 heavy (non-hydrogen) atoms. The fourth-order valence-electron chi connectivity index (χ4n) is 7.30. The number of thioether (sulfide) groups is 1. The van der Waals surface area contributed by atoms with Gasteiger partial charge in [-0.05, 0) is 144 Å². The van der Waals surface area contributed by atoms with Crippen LogP contribution in [0.2, 0.25) is 0 Å². The molecule has 1 heterocycles. The van der Waals surface area contributed by atoms with Crippen LogP contribution < -0.4 is 10.1 Å². The summed E-state index contributed by atoms with van der Waals surface area (Å²) in [4.78, 5) is 39.7. The Balaban J connectivity index is 1.22. The molecule has 2 aromatic carbocycles. The molecule has 7 rings (SSSR count). The molecule has 0 radical (unpaired) electrons. The average Bonchev–Trinajstić information content (AvgIpc) is 3.12. The minimum absolute atomic E-state index is 0.219. The lowest BCUT2D eigenvalue weighted by molar-refractivity contribution is -0.127. The highest BCUT2D eigenvalue weighted by Crippen LogP contribution is 2.61. The van der Waals surface area contributed by atoms with E-state index >= 15 is 0 Å².